The average Bonchev–Trinajstić information content (AvgIpc) is 2.85. The van der Waals surface area contributed by atoms with E-state index in [1.807, 2.05) is 0 Å². The summed E-state index contributed by atoms with van der Waals surface area (Å²) in [5.74, 6) is 6.77. The van der Waals surface area contributed by atoms with Crippen LogP contribution < -0.4 is 0 Å². The Morgan fingerprint density at radius 3 is 3.07 bits per heavy atom. The van der Waals surface area contributed by atoms with Crippen LogP contribution in [0.5, 0.6) is 0 Å². The number of allylic oxidation sites excluding steroid dienone is 2. The van der Waals surface area contributed by atoms with Gasteiger partial charge in [0.25, 0.3) is 0 Å². The Hall–Kier alpha value is -0.260. The van der Waals surface area contributed by atoms with Gasteiger partial charge in [0.15, 0.2) is 0 Å². The fraction of sp³-hybridized carbons (Fsp3) is 0.867. The van der Waals surface area contributed by atoms with Gasteiger partial charge in [-0.25, -0.2) is 0 Å². The molecule has 0 saturated heterocycles. The SMILES string of the molecule is C1=CC23CC1C1C4CC(CCCCC42)C13. The Labute approximate surface area is 92.1 Å². The fourth-order valence-corrected chi connectivity index (χ4v) is 6.88. The van der Waals surface area contributed by atoms with Crippen molar-refractivity contribution in [2.45, 2.75) is 38.5 Å². The highest BCUT2D eigenvalue weighted by Crippen LogP contribution is 2.79. The molecule has 0 amide bonds. The highest BCUT2D eigenvalue weighted by molar-refractivity contribution is 5.32. The molecule has 0 radical (unpaired) electrons. The van der Waals surface area contributed by atoms with Gasteiger partial charge in [0.2, 0.25) is 0 Å². The van der Waals surface area contributed by atoms with E-state index in [4.69, 9.17) is 0 Å². The molecule has 5 rings (SSSR count). The molecule has 0 nitrogen and oxygen atoms in total. The number of hydrogen-bond donors (Lipinski definition) is 0. The third kappa shape index (κ3) is 0.656. The highest BCUT2D eigenvalue weighted by atomic mass is 14.8. The van der Waals surface area contributed by atoms with Crippen LogP contribution in [0.1, 0.15) is 38.5 Å². The first-order chi connectivity index (χ1) is 7.40. The monoisotopic (exact) mass is 200 g/mol. The van der Waals surface area contributed by atoms with Crippen molar-refractivity contribution in [1.82, 2.24) is 0 Å². The van der Waals surface area contributed by atoms with Gasteiger partial charge in [-0.15, -0.1) is 0 Å². The Morgan fingerprint density at radius 2 is 2.07 bits per heavy atom. The standard InChI is InChI=1S/C15H20/c1-2-4-12-11-7-9(3-1)14-13(11)10-5-6-15(12,14)8-10/h5-6,9-14H,1-4,7-8H2. The van der Waals surface area contributed by atoms with Crippen LogP contribution in [-0.4, -0.2) is 0 Å². The van der Waals surface area contributed by atoms with Crippen molar-refractivity contribution >= 4 is 0 Å². The second-order valence-corrected chi connectivity index (χ2v) is 6.99. The largest absolute Gasteiger partial charge is 0.0845 e. The second-order valence-electron chi connectivity index (χ2n) is 6.99. The summed E-state index contributed by atoms with van der Waals surface area (Å²) >= 11 is 0. The minimum absolute atomic E-state index is 0.753. The van der Waals surface area contributed by atoms with E-state index in [0.29, 0.717) is 0 Å². The lowest BCUT2D eigenvalue weighted by atomic mass is 9.59. The normalized spacial score (nSPS) is 67.7. The summed E-state index contributed by atoms with van der Waals surface area (Å²) in [5.41, 5.74) is 0.753. The van der Waals surface area contributed by atoms with E-state index < -0.39 is 0 Å². The summed E-state index contributed by atoms with van der Waals surface area (Å²) in [6, 6.07) is 0. The van der Waals surface area contributed by atoms with Crippen molar-refractivity contribution in [2.24, 2.45) is 40.9 Å². The van der Waals surface area contributed by atoms with Crippen LogP contribution in [0.3, 0.4) is 0 Å². The lowest BCUT2D eigenvalue weighted by Gasteiger charge is -2.45. The van der Waals surface area contributed by atoms with Crippen LogP contribution in [-0.2, 0) is 0 Å². The highest BCUT2D eigenvalue weighted by Gasteiger charge is 2.72. The van der Waals surface area contributed by atoms with Crippen molar-refractivity contribution in [3.8, 4) is 0 Å². The molecule has 7 unspecified atom stereocenters. The minimum Gasteiger partial charge on any atom is -0.0845 e. The van der Waals surface area contributed by atoms with E-state index in [1.54, 1.807) is 32.1 Å². The van der Waals surface area contributed by atoms with E-state index in [0.717, 1.165) is 40.9 Å². The van der Waals surface area contributed by atoms with Crippen LogP contribution in [0.25, 0.3) is 0 Å². The summed E-state index contributed by atoms with van der Waals surface area (Å²) in [7, 11) is 0. The van der Waals surface area contributed by atoms with Crippen LogP contribution in [0.15, 0.2) is 12.2 Å². The third-order valence-corrected chi connectivity index (χ3v) is 6.90. The minimum atomic E-state index is 0.753. The van der Waals surface area contributed by atoms with Gasteiger partial charge in [0.1, 0.15) is 0 Å². The van der Waals surface area contributed by atoms with Crippen molar-refractivity contribution in [2.75, 3.05) is 0 Å². The van der Waals surface area contributed by atoms with E-state index in [-0.39, 0.29) is 0 Å². The summed E-state index contributed by atoms with van der Waals surface area (Å²) in [6.45, 7) is 0. The summed E-state index contributed by atoms with van der Waals surface area (Å²) in [6.07, 6.45) is 14.7. The van der Waals surface area contributed by atoms with Gasteiger partial charge in [-0.3, -0.25) is 0 Å². The number of fused-ring (bicyclic) bond motifs is 2. The Kier molecular flexibility index (Phi) is 1.17. The van der Waals surface area contributed by atoms with Gasteiger partial charge in [0, 0.05) is 0 Å². The first-order valence-corrected chi connectivity index (χ1v) is 7.09. The zero-order valence-corrected chi connectivity index (χ0v) is 9.36. The Morgan fingerprint density at radius 1 is 1.13 bits per heavy atom. The van der Waals surface area contributed by atoms with Crippen molar-refractivity contribution in [3.63, 3.8) is 0 Å². The quantitative estimate of drug-likeness (QED) is 0.524. The van der Waals surface area contributed by atoms with E-state index in [1.165, 1.54) is 6.42 Å². The molecule has 4 saturated carbocycles. The van der Waals surface area contributed by atoms with Gasteiger partial charge >= 0.3 is 0 Å². The molecule has 15 heavy (non-hydrogen) atoms. The Bertz CT molecular complexity index is 355. The molecule has 6 bridgehead atoms. The lowest BCUT2D eigenvalue weighted by molar-refractivity contribution is 0.0581. The summed E-state index contributed by atoms with van der Waals surface area (Å²) in [4.78, 5) is 0. The van der Waals surface area contributed by atoms with Crippen molar-refractivity contribution < 1.29 is 0 Å². The van der Waals surface area contributed by atoms with Crippen molar-refractivity contribution in [3.05, 3.63) is 12.2 Å². The maximum Gasteiger partial charge on any atom is -0.00476 e. The molecule has 80 valence electrons. The molecule has 0 aromatic rings. The molecule has 0 aromatic heterocycles. The molecule has 0 heterocycles. The van der Waals surface area contributed by atoms with Gasteiger partial charge in [-0.1, -0.05) is 31.4 Å². The van der Waals surface area contributed by atoms with Crippen LogP contribution in [0.4, 0.5) is 0 Å². The van der Waals surface area contributed by atoms with E-state index in [2.05, 4.69) is 12.2 Å². The zero-order chi connectivity index (χ0) is 9.62. The molecule has 0 heteroatoms. The average molecular weight is 200 g/mol. The molecule has 5 aliphatic rings. The van der Waals surface area contributed by atoms with Crippen molar-refractivity contribution in [1.29, 1.82) is 0 Å². The lowest BCUT2D eigenvalue weighted by Crippen LogP contribution is -2.38. The van der Waals surface area contributed by atoms with Crippen LogP contribution in [0.2, 0.25) is 0 Å². The summed E-state index contributed by atoms with van der Waals surface area (Å²) < 4.78 is 0. The molecule has 0 aromatic carbocycles. The van der Waals surface area contributed by atoms with Gasteiger partial charge in [0.05, 0.1) is 0 Å². The van der Waals surface area contributed by atoms with Gasteiger partial charge in [-0.05, 0) is 60.2 Å². The first-order valence-electron chi connectivity index (χ1n) is 7.09. The predicted octanol–water partition coefficient (Wildman–Crippen LogP) is 3.63. The molecular weight excluding hydrogens is 180 g/mol. The molecule has 0 aliphatic heterocycles. The molecule has 0 N–H and O–H groups in total. The molecule has 7 atom stereocenters. The molecule has 5 aliphatic carbocycles. The fourth-order valence-electron chi connectivity index (χ4n) is 6.88. The maximum absolute atomic E-state index is 2.70. The molecular formula is C15H20. The predicted molar refractivity (Wildman–Crippen MR) is 60.2 cm³/mol. The number of hydrogen-bond acceptors (Lipinski definition) is 0. The molecule has 4 fully saturated rings. The van der Waals surface area contributed by atoms with Gasteiger partial charge in [-0.2, -0.15) is 0 Å². The topological polar surface area (TPSA) is 0 Å². The second kappa shape index (κ2) is 2.21. The van der Waals surface area contributed by atoms with Crippen LogP contribution in [0, 0.1) is 40.9 Å². The molecule has 1 spiro atoms. The smallest absolute Gasteiger partial charge is 0.00476 e. The van der Waals surface area contributed by atoms with Crippen LogP contribution >= 0.6 is 0 Å². The van der Waals surface area contributed by atoms with E-state index >= 15 is 0 Å². The van der Waals surface area contributed by atoms with E-state index in [9.17, 15) is 0 Å². The Balaban J connectivity index is 1.73. The zero-order valence-electron chi connectivity index (χ0n) is 9.36. The van der Waals surface area contributed by atoms with Gasteiger partial charge < -0.3 is 0 Å². The third-order valence-electron chi connectivity index (χ3n) is 6.90. The maximum atomic E-state index is 2.70. The number of rotatable bonds is 0. The summed E-state index contributed by atoms with van der Waals surface area (Å²) in [5, 5.41) is 0. The first kappa shape index (κ1) is 7.92.